The first-order valence-electron chi connectivity index (χ1n) is 15.5. The normalized spacial score (nSPS) is 24.0. The summed E-state index contributed by atoms with van der Waals surface area (Å²) in [5, 5.41) is 0. The van der Waals surface area contributed by atoms with E-state index in [2.05, 4.69) is 34.1 Å². The van der Waals surface area contributed by atoms with E-state index in [-0.39, 0.29) is 29.4 Å². The smallest absolute Gasteiger partial charge is 0.339 e. The van der Waals surface area contributed by atoms with Gasteiger partial charge < -0.3 is 9.47 Å². The lowest BCUT2D eigenvalue weighted by Crippen LogP contribution is -2.49. The van der Waals surface area contributed by atoms with Crippen molar-refractivity contribution in [3.63, 3.8) is 0 Å². The molecule has 224 valence electrons. The maximum atomic E-state index is 14.1. The van der Waals surface area contributed by atoms with Gasteiger partial charge in [0.25, 0.3) is 5.91 Å². The molecule has 3 aromatic carbocycles. The number of nitrogens with zero attached hydrogens (tertiary/aromatic N) is 4. The molecule has 0 spiro atoms. The molecule has 0 radical (unpaired) electrons. The topological polar surface area (TPSA) is 41.4 Å². The molecule has 3 saturated heterocycles. The summed E-state index contributed by atoms with van der Waals surface area (Å²) >= 11 is 0. The number of benzene rings is 3. The first-order chi connectivity index (χ1) is 20.8. The Labute approximate surface area is 250 Å². The van der Waals surface area contributed by atoms with Gasteiger partial charge >= 0.3 is 6.18 Å². The van der Waals surface area contributed by atoms with Crippen LogP contribution in [0, 0.1) is 0 Å². The van der Waals surface area contributed by atoms with Crippen LogP contribution in [0.25, 0.3) is 11.0 Å². The van der Waals surface area contributed by atoms with Crippen molar-refractivity contribution in [2.45, 2.75) is 74.7 Å². The van der Waals surface area contributed by atoms with E-state index in [1.165, 1.54) is 10.1 Å². The van der Waals surface area contributed by atoms with Crippen LogP contribution < -0.4 is 0 Å². The van der Waals surface area contributed by atoms with Crippen LogP contribution in [0.15, 0.2) is 84.9 Å². The van der Waals surface area contributed by atoms with Gasteiger partial charge in [-0.25, -0.2) is 4.98 Å². The average Bonchev–Trinajstić information content (AvgIpc) is 3.55. The molecule has 5 nitrogen and oxygen atoms in total. The summed E-state index contributed by atoms with van der Waals surface area (Å²) in [7, 11) is 0. The summed E-state index contributed by atoms with van der Waals surface area (Å²) in [5.74, 6) is -0.681. The van der Waals surface area contributed by atoms with Gasteiger partial charge in [0.1, 0.15) is 0 Å². The summed E-state index contributed by atoms with van der Waals surface area (Å²) in [4.78, 5) is 21.8. The maximum absolute atomic E-state index is 14.1. The van der Waals surface area contributed by atoms with E-state index in [0.29, 0.717) is 37.0 Å². The van der Waals surface area contributed by atoms with Crippen molar-refractivity contribution in [1.29, 1.82) is 0 Å². The second kappa shape index (κ2) is 11.1. The van der Waals surface area contributed by atoms with Crippen molar-refractivity contribution >= 4 is 16.9 Å². The molecule has 0 N–H and O–H groups in total. The van der Waals surface area contributed by atoms with E-state index in [0.717, 1.165) is 44.2 Å². The summed E-state index contributed by atoms with van der Waals surface area (Å²) in [5.41, 5.74) is 3.01. The monoisotopic (exact) mass is 586 g/mol. The van der Waals surface area contributed by atoms with Crippen LogP contribution in [0.3, 0.4) is 0 Å². The Morgan fingerprint density at radius 1 is 0.814 bits per heavy atom. The lowest BCUT2D eigenvalue weighted by atomic mass is 9.70. The number of para-hydroxylation sites is 2. The van der Waals surface area contributed by atoms with Crippen LogP contribution in [0.1, 0.15) is 72.7 Å². The molecule has 3 aliphatic heterocycles. The van der Waals surface area contributed by atoms with Crippen molar-refractivity contribution in [3.8, 4) is 0 Å². The second-order valence-electron chi connectivity index (χ2n) is 12.6. The maximum Gasteiger partial charge on any atom is 0.449 e. The molecule has 4 heterocycles. The average molecular weight is 587 g/mol. The third kappa shape index (κ3) is 5.24. The fourth-order valence-electron chi connectivity index (χ4n) is 8.15. The van der Waals surface area contributed by atoms with Gasteiger partial charge in [-0.05, 0) is 86.7 Å². The quantitative estimate of drug-likeness (QED) is 0.235. The minimum atomic E-state index is -4.49. The van der Waals surface area contributed by atoms with Crippen LogP contribution in [0.5, 0.6) is 0 Å². The fourth-order valence-corrected chi connectivity index (χ4v) is 8.15. The van der Waals surface area contributed by atoms with E-state index >= 15 is 0 Å². The lowest BCUT2D eigenvalue weighted by Gasteiger charge is -2.45. The third-order valence-corrected chi connectivity index (χ3v) is 10.3. The summed E-state index contributed by atoms with van der Waals surface area (Å²) in [6.45, 7) is 2.34. The Morgan fingerprint density at radius 2 is 1.42 bits per heavy atom. The predicted molar refractivity (Wildman–Crippen MR) is 161 cm³/mol. The van der Waals surface area contributed by atoms with Gasteiger partial charge in [-0.3, -0.25) is 9.69 Å². The number of hydrogen-bond donors (Lipinski definition) is 0. The molecular weight excluding hydrogens is 549 g/mol. The third-order valence-electron chi connectivity index (χ3n) is 10.3. The van der Waals surface area contributed by atoms with Crippen LogP contribution in [0.4, 0.5) is 13.2 Å². The van der Waals surface area contributed by atoms with E-state index < -0.39 is 12.0 Å². The van der Waals surface area contributed by atoms with E-state index in [9.17, 15) is 18.0 Å². The van der Waals surface area contributed by atoms with Crippen molar-refractivity contribution in [1.82, 2.24) is 19.4 Å². The van der Waals surface area contributed by atoms with E-state index in [1.54, 1.807) is 24.3 Å². The molecule has 1 amide bonds. The van der Waals surface area contributed by atoms with E-state index in [4.69, 9.17) is 0 Å². The number of fused-ring (bicyclic) bond motifs is 3. The number of likely N-dealkylation sites (tertiary alicyclic amines) is 1. The zero-order valence-electron chi connectivity index (χ0n) is 24.2. The molecule has 3 aliphatic rings. The molecular formula is C35H37F3N4O. The second-order valence-corrected chi connectivity index (χ2v) is 12.6. The number of piperidine rings is 2. The summed E-state index contributed by atoms with van der Waals surface area (Å²) in [6.07, 6.45) is 1.74. The number of aromatic nitrogens is 2. The predicted octanol–water partition coefficient (Wildman–Crippen LogP) is 7.49. The highest BCUT2D eigenvalue weighted by molar-refractivity contribution is 5.94. The van der Waals surface area contributed by atoms with Crippen LogP contribution >= 0.6 is 0 Å². The molecule has 3 atom stereocenters. The number of rotatable bonds is 6. The molecule has 0 saturated carbocycles. The zero-order chi connectivity index (χ0) is 29.6. The molecule has 3 fully saturated rings. The number of amides is 1. The zero-order valence-corrected chi connectivity index (χ0v) is 24.2. The van der Waals surface area contributed by atoms with Gasteiger partial charge in [-0.1, -0.05) is 60.7 Å². The van der Waals surface area contributed by atoms with Gasteiger partial charge in [0, 0.05) is 36.8 Å². The lowest BCUT2D eigenvalue weighted by molar-refractivity contribution is -0.148. The number of alkyl halides is 3. The van der Waals surface area contributed by atoms with Crippen LogP contribution in [-0.4, -0.2) is 57.0 Å². The molecule has 4 aromatic rings. The molecule has 0 aliphatic carbocycles. The van der Waals surface area contributed by atoms with Crippen LogP contribution in [-0.2, 0) is 11.6 Å². The summed E-state index contributed by atoms with van der Waals surface area (Å²) in [6, 6.07) is 27.5. The van der Waals surface area contributed by atoms with Gasteiger partial charge in [-0.2, -0.15) is 13.2 Å². The number of carbonyl (C=O) groups excluding carboxylic acids is 1. The number of halogens is 3. The highest BCUT2D eigenvalue weighted by atomic mass is 19.4. The van der Waals surface area contributed by atoms with Gasteiger partial charge in [0.05, 0.1) is 11.0 Å². The van der Waals surface area contributed by atoms with Crippen LogP contribution in [0.2, 0.25) is 0 Å². The van der Waals surface area contributed by atoms with Crippen molar-refractivity contribution in [2.75, 3.05) is 19.6 Å². The van der Waals surface area contributed by atoms with Crippen molar-refractivity contribution < 1.29 is 18.0 Å². The molecule has 2 bridgehead atoms. The van der Waals surface area contributed by atoms with Crippen molar-refractivity contribution in [2.24, 2.45) is 0 Å². The molecule has 1 aromatic heterocycles. The SMILES string of the molecule is O=C(c1ccccc1)N1CCC(CCN2[C@@H]3CC[C@H]2CC(n2c(C(F)(F)F)nc4ccccc42)C3)(c2ccccc2)CC1. The molecule has 43 heavy (non-hydrogen) atoms. The van der Waals surface area contributed by atoms with Gasteiger partial charge in [-0.15, -0.1) is 0 Å². The first kappa shape index (κ1) is 28.1. The standard InChI is InChI=1S/C35H37F3N4O/c36-35(37,38)33-39-30-13-7-8-14-31(30)42(33)29-23-27-15-16-28(24-29)41(27)22-19-34(26-11-5-2-6-12-26)17-20-40(21-18-34)32(43)25-9-3-1-4-10-25/h1-14,27-29H,15-24H2/t27-,28+,29?. The van der Waals surface area contributed by atoms with Crippen molar-refractivity contribution in [3.05, 3.63) is 102 Å². The Bertz CT molecular complexity index is 1560. The molecule has 8 heteroatoms. The first-order valence-corrected chi connectivity index (χ1v) is 15.5. The summed E-state index contributed by atoms with van der Waals surface area (Å²) < 4.78 is 43.8. The van der Waals surface area contributed by atoms with E-state index in [1.807, 2.05) is 41.3 Å². The number of hydrogen-bond acceptors (Lipinski definition) is 3. The highest BCUT2D eigenvalue weighted by Gasteiger charge is 2.46. The number of imidazole rings is 1. The number of carbonyl (C=O) groups is 1. The Morgan fingerprint density at radius 3 is 2.07 bits per heavy atom. The Kier molecular flexibility index (Phi) is 7.28. The minimum absolute atomic E-state index is 0.0327. The Balaban J connectivity index is 1.08. The van der Waals surface area contributed by atoms with Gasteiger partial charge in [0.15, 0.2) is 0 Å². The minimum Gasteiger partial charge on any atom is -0.339 e. The van der Waals surface area contributed by atoms with Gasteiger partial charge in [0.2, 0.25) is 5.82 Å². The molecule has 7 rings (SSSR count). The Hall–Kier alpha value is -3.65. The molecule has 1 unspecified atom stereocenters. The largest absolute Gasteiger partial charge is 0.449 e. The highest BCUT2D eigenvalue weighted by Crippen LogP contribution is 2.46. The fraction of sp³-hybridized carbons (Fsp3) is 0.429.